The van der Waals surface area contributed by atoms with Gasteiger partial charge in [0.15, 0.2) is 0 Å². The van der Waals surface area contributed by atoms with Crippen LogP contribution in [-0.4, -0.2) is 25.3 Å². The van der Waals surface area contributed by atoms with E-state index in [0.29, 0.717) is 4.85 Å². The number of aromatic amines is 1. The first-order valence-corrected chi connectivity index (χ1v) is 3.03. The summed E-state index contributed by atoms with van der Waals surface area (Å²) in [4.78, 5) is 3.50. The molecule has 0 bridgehead atoms. The molecule has 0 atom stereocenters. The van der Waals surface area contributed by atoms with Gasteiger partial charge in [-0.2, -0.15) is 0 Å². The molecule has 0 saturated carbocycles. The Morgan fingerprint density at radius 2 is 2.00 bits per heavy atom. The van der Waals surface area contributed by atoms with Crippen molar-refractivity contribution < 1.29 is 5.21 Å². The lowest BCUT2D eigenvalue weighted by Crippen LogP contribution is -1.88. The molecule has 5 nitrogen and oxygen atoms in total. The highest BCUT2D eigenvalue weighted by atomic mass is 16.5. The van der Waals surface area contributed by atoms with Crippen molar-refractivity contribution in [1.29, 1.82) is 0 Å². The monoisotopic (exact) mass is 152 g/mol. The lowest BCUT2D eigenvalue weighted by molar-refractivity contribution is 0.143. The highest BCUT2D eigenvalue weighted by molar-refractivity contribution is 4.84. The molecule has 2 N–H and O–H groups in total. The van der Waals surface area contributed by atoms with Gasteiger partial charge in [0.2, 0.25) is 0 Å². The first kappa shape index (κ1) is 7.33. The molecule has 0 aromatic carbocycles. The van der Waals surface area contributed by atoms with E-state index in [2.05, 4.69) is 15.3 Å². The average Bonchev–Trinajstić information content (AvgIpc) is 2.57. The fraction of sp³-hybridized carbons (Fsp3) is 0. The van der Waals surface area contributed by atoms with Crippen LogP contribution in [0, 0.1) is 0 Å². The van der Waals surface area contributed by atoms with Gasteiger partial charge in [-0.3, -0.25) is 0 Å². The average molecular weight is 152 g/mol. The van der Waals surface area contributed by atoms with Crippen molar-refractivity contribution in [3.8, 4) is 0 Å². The summed E-state index contributed by atoms with van der Waals surface area (Å²) < 4.78 is 0. The van der Waals surface area contributed by atoms with Crippen molar-refractivity contribution in [1.82, 2.24) is 20.1 Å². The van der Waals surface area contributed by atoms with Gasteiger partial charge < -0.3 is 10.2 Å². The molecule has 0 radical (unpaired) electrons. The van der Waals surface area contributed by atoms with E-state index in [0.717, 1.165) is 0 Å². The van der Waals surface area contributed by atoms with Crippen molar-refractivity contribution in [2.75, 3.05) is 0 Å². The third-order valence-electron chi connectivity index (χ3n) is 0.906. The zero-order valence-electron chi connectivity index (χ0n) is 5.75. The van der Waals surface area contributed by atoms with Crippen LogP contribution in [0.2, 0.25) is 0 Å². The molecule has 0 saturated heterocycles. The standard InChI is InChI=1S/C4H5N.C2H3N3O/c1-2-4-5-3-1;6-5-2-1-3-4-5/h1-5H;1-2,6H. The van der Waals surface area contributed by atoms with Crippen molar-refractivity contribution in [3.63, 3.8) is 0 Å². The molecule has 0 aliphatic rings. The van der Waals surface area contributed by atoms with E-state index < -0.39 is 0 Å². The highest BCUT2D eigenvalue weighted by Gasteiger charge is 1.73. The highest BCUT2D eigenvalue weighted by Crippen LogP contribution is 1.72. The molecule has 5 heteroatoms. The third kappa shape index (κ3) is 3.04. The maximum Gasteiger partial charge on any atom is 0.0868 e. The van der Waals surface area contributed by atoms with Crippen LogP contribution in [0.3, 0.4) is 0 Å². The van der Waals surface area contributed by atoms with Crippen molar-refractivity contribution in [2.45, 2.75) is 0 Å². The summed E-state index contributed by atoms with van der Waals surface area (Å²) in [7, 11) is 0. The maximum atomic E-state index is 8.22. The van der Waals surface area contributed by atoms with Gasteiger partial charge in [0.05, 0.1) is 12.4 Å². The lowest BCUT2D eigenvalue weighted by Gasteiger charge is -1.74. The topological polar surface area (TPSA) is 66.7 Å². The number of H-pyrrole nitrogens is 1. The summed E-state index contributed by atoms with van der Waals surface area (Å²) in [6.07, 6.45) is 6.47. The number of hydrogen-bond donors (Lipinski definition) is 2. The van der Waals surface area contributed by atoms with Crippen LogP contribution in [0.5, 0.6) is 0 Å². The predicted molar refractivity (Wildman–Crippen MR) is 38.0 cm³/mol. The Morgan fingerprint density at radius 3 is 2.18 bits per heavy atom. The summed E-state index contributed by atoms with van der Waals surface area (Å²) in [5.74, 6) is 0. The number of rotatable bonds is 0. The SMILES string of the molecule is On1ccnn1.c1cc[nH]c1. The zero-order valence-corrected chi connectivity index (χ0v) is 5.75. The number of nitrogens with one attached hydrogen (secondary N) is 1. The van der Waals surface area contributed by atoms with Crippen LogP contribution in [0.4, 0.5) is 0 Å². The van der Waals surface area contributed by atoms with Gasteiger partial charge in [-0.25, -0.2) is 0 Å². The molecule has 0 fully saturated rings. The second kappa shape index (κ2) is 4.10. The Hall–Kier alpha value is -1.78. The summed E-state index contributed by atoms with van der Waals surface area (Å²) in [6.45, 7) is 0. The molecule has 2 heterocycles. The van der Waals surface area contributed by atoms with Gasteiger partial charge in [0, 0.05) is 12.4 Å². The largest absolute Gasteiger partial charge is 0.411 e. The second-order valence-electron chi connectivity index (χ2n) is 1.71. The molecule has 11 heavy (non-hydrogen) atoms. The molecular weight excluding hydrogens is 144 g/mol. The lowest BCUT2D eigenvalue weighted by atomic mass is 10.7. The molecule has 0 amide bonds. The Kier molecular flexibility index (Phi) is 2.73. The minimum Gasteiger partial charge on any atom is -0.411 e. The first-order valence-electron chi connectivity index (χ1n) is 3.03. The quantitative estimate of drug-likeness (QED) is 0.541. The molecule has 0 unspecified atom stereocenters. The van der Waals surface area contributed by atoms with E-state index in [1.807, 2.05) is 24.5 Å². The van der Waals surface area contributed by atoms with Gasteiger partial charge in [0.25, 0.3) is 0 Å². The number of nitrogens with zero attached hydrogens (tertiary/aromatic N) is 3. The first-order chi connectivity index (χ1) is 5.39. The van der Waals surface area contributed by atoms with E-state index >= 15 is 0 Å². The molecule has 2 aromatic rings. The van der Waals surface area contributed by atoms with E-state index in [-0.39, 0.29) is 0 Å². The molecule has 2 rings (SSSR count). The van der Waals surface area contributed by atoms with E-state index in [1.165, 1.54) is 12.4 Å². The van der Waals surface area contributed by atoms with Crippen LogP contribution in [0.25, 0.3) is 0 Å². The van der Waals surface area contributed by atoms with E-state index in [9.17, 15) is 0 Å². The zero-order chi connectivity index (χ0) is 7.94. The number of aromatic nitrogens is 4. The minimum absolute atomic E-state index is 0.639. The van der Waals surface area contributed by atoms with Crippen molar-refractivity contribution in [3.05, 3.63) is 36.9 Å². The fourth-order valence-electron chi connectivity index (χ4n) is 0.480. The fourth-order valence-corrected chi connectivity index (χ4v) is 0.480. The Balaban J connectivity index is 0.000000112. The van der Waals surface area contributed by atoms with Crippen LogP contribution in [0.1, 0.15) is 0 Å². The smallest absolute Gasteiger partial charge is 0.0868 e. The molecule has 0 aliphatic heterocycles. The van der Waals surface area contributed by atoms with Gasteiger partial charge in [-0.1, -0.05) is 4.85 Å². The van der Waals surface area contributed by atoms with Gasteiger partial charge in [-0.15, -0.1) is 5.10 Å². The summed E-state index contributed by atoms with van der Waals surface area (Å²) >= 11 is 0. The van der Waals surface area contributed by atoms with Crippen LogP contribution >= 0.6 is 0 Å². The Bertz CT molecular complexity index is 233. The van der Waals surface area contributed by atoms with Crippen LogP contribution in [0.15, 0.2) is 36.9 Å². The molecule has 2 aromatic heterocycles. The van der Waals surface area contributed by atoms with Crippen molar-refractivity contribution >= 4 is 0 Å². The number of hydrogen-bond acceptors (Lipinski definition) is 3. The van der Waals surface area contributed by atoms with Gasteiger partial charge >= 0.3 is 0 Å². The van der Waals surface area contributed by atoms with Crippen molar-refractivity contribution in [2.24, 2.45) is 0 Å². The normalized spacial score (nSPS) is 8.36. The predicted octanol–water partition coefficient (Wildman–Crippen LogP) is 0.530. The Morgan fingerprint density at radius 1 is 1.27 bits per heavy atom. The van der Waals surface area contributed by atoms with E-state index in [4.69, 9.17) is 5.21 Å². The second-order valence-corrected chi connectivity index (χ2v) is 1.71. The van der Waals surface area contributed by atoms with Crippen LogP contribution in [-0.2, 0) is 0 Å². The van der Waals surface area contributed by atoms with Crippen LogP contribution < -0.4 is 0 Å². The van der Waals surface area contributed by atoms with Gasteiger partial charge in [0.1, 0.15) is 0 Å². The Labute approximate surface area is 63.2 Å². The summed E-state index contributed by atoms with van der Waals surface area (Å²) in [6, 6.07) is 3.89. The molecule has 0 spiro atoms. The summed E-state index contributed by atoms with van der Waals surface area (Å²) in [5, 5.41) is 14.6. The maximum absolute atomic E-state index is 8.22. The van der Waals surface area contributed by atoms with Gasteiger partial charge in [-0.05, 0) is 17.3 Å². The van der Waals surface area contributed by atoms with E-state index in [1.54, 1.807) is 0 Å². The third-order valence-corrected chi connectivity index (χ3v) is 0.906. The summed E-state index contributed by atoms with van der Waals surface area (Å²) in [5.41, 5.74) is 0. The molecule has 58 valence electrons. The minimum atomic E-state index is 0.639. The molecular formula is C6H8N4O. The molecule has 0 aliphatic carbocycles.